The molecule has 0 heterocycles. The van der Waals surface area contributed by atoms with E-state index in [1.54, 1.807) is 4.90 Å². The normalized spacial score (nSPS) is 10.7. The van der Waals surface area contributed by atoms with Crippen molar-refractivity contribution in [2.24, 2.45) is 5.73 Å². The summed E-state index contributed by atoms with van der Waals surface area (Å²) in [5, 5.41) is 0. The summed E-state index contributed by atoms with van der Waals surface area (Å²) in [6.07, 6.45) is 0. The van der Waals surface area contributed by atoms with Crippen molar-refractivity contribution in [1.82, 2.24) is 0 Å². The van der Waals surface area contributed by atoms with Gasteiger partial charge in [-0.05, 0) is 48.2 Å². The Balaban J connectivity index is 1.94. The number of anilines is 2. The summed E-state index contributed by atoms with van der Waals surface area (Å²) in [6.45, 7) is 3.63. The third-order valence-corrected chi connectivity index (χ3v) is 5.98. The molecule has 5 heteroatoms. The van der Waals surface area contributed by atoms with Crippen molar-refractivity contribution >= 4 is 23.3 Å². The number of aryl methyl sites for hydroxylation is 2. The van der Waals surface area contributed by atoms with Gasteiger partial charge in [0, 0.05) is 5.69 Å². The van der Waals surface area contributed by atoms with Crippen molar-refractivity contribution < 1.29 is 9.59 Å². The highest BCUT2D eigenvalue weighted by atomic mass is 16.2. The van der Waals surface area contributed by atoms with E-state index >= 15 is 0 Å². The Kier molecular flexibility index (Phi) is 7.27. The number of primary amides is 1. The number of carbonyl (C=O) groups excluding carboxylic acids is 2. The van der Waals surface area contributed by atoms with Crippen LogP contribution >= 0.6 is 0 Å². The molecule has 4 aromatic carbocycles. The van der Waals surface area contributed by atoms with Crippen LogP contribution in [0.25, 0.3) is 0 Å². The monoisotopic (exact) mass is 463 g/mol. The van der Waals surface area contributed by atoms with Crippen molar-refractivity contribution in [2.45, 2.75) is 19.9 Å². The molecule has 2 N–H and O–H groups in total. The number of hydrogen-bond acceptors (Lipinski definition) is 2. The van der Waals surface area contributed by atoms with E-state index in [-0.39, 0.29) is 12.6 Å². The van der Waals surface area contributed by atoms with Crippen LogP contribution in [0, 0.1) is 13.8 Å². The minimum atomic E-state index is -0.579. The molecule has 0 spiro atoms. The summed E-state index contributed by atoms with van der Waals surface area (Å²) in [4.78, 5) is 30.0. The van der Waals surface area contributed by atoms with E-state index in [0.717, 1.165) is 27.9 Å². The lowest BCUT2D eigenvalue weighted by molar-refractivity contribution is -0.116. The second-order valence-electron chi connectivity index (χ2n) is 8.50. The fourth-order valence-corrected chi connectivity index (χ4v) is 4.48. The van der Waals surface area contributed by atoms with Gasteiger partial charge in [-0.15, -0.1) is 0 Å². The van der Waals surface area contributed by atoms with Gasteiger partial charge in [0.1, 0.15) is 6.54 Å². The Labute approximate surface area is 206 Å². The highest BCUT2D eigenvalue weighted by molar-refractivity contribution is 6.08. The molecule has 5 nitrogen and oxygen atoms in total. The number of hydrogen-bond donors (Lipinski definition) is 1. The van der Waals surface area contributed by atoms with Gasteiger partial charge in [0.25, 0.3) is 0 Å². The lowest BCUT2D eigenvalue weighted by atomic mass is 9.96. The highest BCUT2D eigenvalue weighted by Gasteiger charge is 2.33. The molecule has 4 aromatic rings. The van der Waals surface area contributed by atoms with Gasteiger partial charge in [0.05, 0.1) is 11.7 Å². The third-order valence-electron chi connectivity index (χ3n) is 5.98. The minimum Gasteiger partial charge on any atom is -0.368 e. The van der Waals surface area contributed by atoms with Crippen LogP contribution in [-0.4, -0.2) is 18.5 Å². The summed E-state index contributed by atoms with van der Waals surface area (Å²) in [5.41, 5.74) is 10.8. The number of nitrogens with zero attached hydrogens (tertiary/aromatic N) is 2. The van der Waals surface area contributed by atoms with Crippen molar-refractivity contribution in [3.05, 3.63) is 131 Å². The number of rotatable bonds is 7. The summed E-state index contributed by atoms with van der Waals surface area (Å²) in [5.74, 6) is -0.579. The van der Waals surface area contributed by atoms with E-state index in [4.69, 9.17) is 5.73 Å². The maximum absolute atomic E-state index is 14.5. The van der Waals surface area contributed by atoms with Crippen molar-refractivity contribution in [3.8, 4) is 0 Å². The molecule has 0 unspecified atom stereocenters. The second kappa shape index (κ2) is 10.7. The van der Waals surface area contributed by atoms with Crippen LogP contribution in [0.3, 0.4) is 0 Å². The molecule has 4 rings (SSSR count). The van der Waals surface area contributed by atoms with Gasteiger partial charge in [-0.2, -0.15) is 0 Å². The number of amides is 3. The highest BCUT2D eigenvalue weighted by Crippen LogP contribution is 2.36. The zero-order valence-corrected chi connectivity index (χ0v) is 20.0. The average molecular weight is 464 g/mol. The summed E-state index contributed by atoms with van der Waals surface area (Å²) in [6, 6.07) is 34.4. The van der Waals surface area contributed by atoms with Crippen LogP contribution in [0.5, 0.6) is 0 Å². The first-order valence-corrected chi connectivity index (χ1v) is 11.6. The van der Waals surface area contributed by atoms with Gasteiger partial charge < -0.3 is 5.73 Å². The Morgan fingerprint density at radius 2 is 1.14 bits per heavy atom. The first-order valence-electron chi connectivity index (χ1n) is 11.6. The molecule has 176 valence electrons. The van der Waals surface area contributed by atoms with E-state index in [9.17, 15) is 9.59 Å². The molecule has 0 atom stereocenters. The molecule has 0 saturated heterocycles. The van der Waals surface area contributed by atoms with Crippen molar-refractivity contribution in [2.75, 3.05) is 16.3 Å². The van der Waals surface area contributed by atoms with Gasteiger partial charge in [-0.3, -0.25) is 14.6 Å². The minimum absolute atomic E-state index is 0.232. The molecule has 0 saturated carbocycles. The van der Waals surface area contributed by atoms with Gasteiger partial charge in [-0.1, -0.05) is 97.1 Å². The standard InChI is InChI=1S/C30H29N3O2/c1-22-13-12-14-23(2)28(22)32(21-27(31)34)30(35)33(26-19-10-5-11-20-26)29(24-15-6-3-7-16-24)25-17-8-4-9-18-25/h3-20,29H,21H2,1-2H3,(H2,31,34). The van der Waals surface area contributed by atoms with E-state index in [1.807, 2.05) is 123 Å². The van der Waals surface area contributed by atoms with Crippen molar-refractivity contribution in [1.29, 1.82) is 0 Å². The Hall–Kier alpha value is -4.38. The molecule has 0 radical (unpaired) electrons. The molecule has 0 aliphatic rings. The van der Waals surface area contributed by atoms with Crippen LogP contribution in [0.1, 0.15) is 28.3 Å². The zero-order valence-electron chi connectivity index (χ0n) is 20.0. The Morgan fingerprint density at radius 3 is 1.60 bits per heavy atom. The maximum Gasteiger partial charge on any atom is 0.330 e. The number of carbonyl (C=O) groups is 2. The molecule has 35 heavy (non-hydrogen) atoms. The largest absolute Gasteiger partial charge is 0.368 e. The summed E-state index contributed by atoms with van der Waals surface area (Å²) in [7, 11) is 0. The molecule has 0 aliphatic heterocycles. The number of nitrogens with two attached hydrogens (primary N) is 1. The quantitative estimate of drug-likeness (QED) is 0.365. The Morgan fingerprint density at radius 1 is 0.686 bits per heavy atom. The van der Waals surface area contributed by atoms with Crippen LogP contribution < -0.4 is 15.5 Å². The molecular weight excluding hydrogens is 434 g/mol. The number of urea groups is 1. The van der Waals surface area contributed by atoms with E-state index in [2.05, 4.69) is 0 Å². The molecule has 0 bridgehead atoms. The van der Waals surface area contributed by atoms with Gasteiger partial charge in [0.15, 0.2) is 0 Å². The lowest BCUT2D eigenvalue weighted by Crippen LogP contribution is -2.49. The lowest BCUT2D eigenvalue weighted by Gasteiger charge is -2.37. The van der Waals surface area contributed by atoms with E-state index in [1.165, 1.54) is 4.90 Å². The predicted molar refractivity (Wildman–Crippen MR) is 142 cm³/mol. The maximum atomic E-state index is 14.5. The third kappa shape index (κ3) is 5.25. The van der Waals surface area contributed by atoms with Crippen LogP contribution in [-0.2, 0) is 4.79 Å². The molecule has 0 aliphatic carbocycles. The topological polar surface area (TPSA) is 66.6 Å². The fourth-order valence-electron chi connectivity index (χ4n) is 4.48. The van der Waals surface area contributed by atoms with E-state index in [0.29, 0.717) is 5.69 Å². The van der Waals surface area contributed by atoms with Gasteiger partial charge >= 0.3 is 6.03 Å². The van der Waals surface area contributed by atoms with Crippen LogP contribution in [0.2, 0.25) is 0 Å². The average Bonchev–Trinajstić information content (AvgIpc) is 2.87. The Bertz CT molecular complexity index is 1230. The fraction of sp³-hybridized carbons (Fsp3) is 0.133. The van der Waals surface area contributed by atoms with Gasteiger partial charge in [-0.25, -0.2) is 4.79 Å². The van der Waals surface area contributed by atoms with Gasteiger partial charge in [0.2, 0.25) is 5.91 Å². The molecule has 0 fully saturated rings. The predicted octanol–water partition coefficient (Wildman–Crippen LogP) is 6.01. The van der Waals surface area contributed by atoms with Crippen LogP contribution in [0.4, 0.5) is 16.2 Å². The summed E-state index contributed by atoms with van der Waals surface area (Å²) >= 11 is 0. The van der Waals surface area contributed by atoms with Crippen molar-refractivity contribution in [3.63, 3.8) is 0 Å². The SMILES string of the molecule is Cc1cccc(C)c1N(CC(N)=O)C(=O)N(c1ccccc1)C(c1ccccc1)c1ccccc1. The molecule has 0 aromatic heterocycles. The van der Waals surface area contributed by atoms with E-state index < -0.39 is 11.9 Å². The number of para-hydroxylation sites is 2. The number of benzene rings is 4. The second-order valence-corrected chi connectivity index (χ2v) is 8.50. The first kappa shape index (κ1) is 23.8. The molecular formula is C30H29N3O2. The molecule has 3 amide bonds. The summed E-state index contributed by atoms with van der Waals surface area (Å²) < 4.78 is 0. The zero-order chi connectivity index (χ0) is 24.8. The smallest absolute Gasteiger partial charge is 0.330 e. The van der Waals surface area contributed by atoms with Crippen LogP contribution in [0.15, 0.2) is 109 Å². The first-order chi connectivity index (χ1) is 17.0.